The normalized spacial score (nSPS) is 17.1. The molecule has 2 rings (SSSR count). The van der Waals surface area contributed by atoms with Gasteiger partial charge in [0, 0.05) is 6.04 Å². The van der Waals surface area contributed by atoms with Crippen LogP contribution in [-0.4, -0.2) is 38.6 Å². The Kier molecular flexibility index (Phi) is 4.36. The summed E-state index contributed by atoms with van der Waals surface area (Å²) in [4.78, 5) is 10.6. The van der Waals surface area contributed by atoms with Crippen molar-refractivity contribution in [2.75, 3.05) is 13.1 Å². The number of sulfonamides is 1. The van der Waals surface area contributed by atoms with Gasteiger partial charge >= 0.3 is 5.97 Å². The Labute approximate surface area is 116 Å². The number of hydrogen-bond acceptors (Lipinski definition) is 4. The van der Waals surface area contributed by atoms with Crippen molar-refractivity contribution < 1.29 is 22.7 Å². The fourth-order valence-electron chi connectivity index (χ4n) is 2.06. The van der Waals surface area contributed by atoms with Crippen molar-refractivity contribution in [3.63, 3.8) is 0 Å². The van der Waals surface area contributed by atoms with Gasteiger partial charge in [0.1, 0.15) is 5.82 Å². The van der Waals surface area contributed by atoms with E-state index in [-0.39, 0.29) is 10.9 Å². The van der Waals surface area contributed by atoms with Crippen LogP contribution in [0.2, 0.25) is 0 Å². The lowest BCUT2D eigenvalue weighted by molar-refractivity contribution is 0.0691. The SMILES string of the molecule is O=C(O)c1cc(S(=O)(=O)NC2CCNCC2)ccc1F. The van der Waals surface area contributed by atoms with Crippen LogP contribution in [0.25, 0.3) is 0 Å². The first-order chi connectivity index (χ1) is 9.40. The van der Waals surface area contributed by atoms with E-state index >= 15 is 0 Å². The molecular weight excluding hydrogens is 287 g/mol. The highest BCUT2D eigenvalue weighted by Crippen LogP contribution is 2.16. The summed E-state index contributed by atoms with van der Waals surface area (Å²) in [6.45, 7) is 1.44. The molecule has 1 saturated heterocycles. The molecule has 8 heteroatoms. The van der Waals surface area contributed by atoms with Crippen molar-refractivity contribution in [2.45, 2.75) is 23.8 Å². The number of carboxylic acid groups (broad SMARTS) is 1. The van der Waals surface area contributed by atoms with E-state index < -0.39 is 27.4 Å². The fourth-order valence-corrected chi connectivity index (χ4v) is 3.39. The first-order valence-electron chi connectivity index (χ1n) is 6.16. The summed E-state index contributed by atoms with van der Waals surface area (Å²) < 4.78 is 40.1. The second-order valence-electron chi connectivity index (χ2n) is 4.59. The third-order valence-electron chi connectivity index (χ3n) is 3.14. The summed E-state index contributed by atoms with van der Waals surface area (Å²) >= 11 is 0. The molecule has 0 atom stereocenters. The molecule has 0 spiro atoms. The van der Waals surface area contributed by atoms with Crippen molar-refractivity contribution in [1.29, 1.82) is 0 Å². The maximum atomic E-state index is 13.3. The van der Waals surface area contributed by atoms with E-state index in [0.29, 0.717) is 12.8 Å². The number of carboxylic acids is 1. The molecule has 6 nitrogen and oxygen atoms in total. The van der Waals surface area contributed by atoms with Crippen LogP contribution in [0.4, 0.5) is 4.39 Å². The van der Waals surface area contributed by atoms with Crippen LogP contribution >= 0.6 is 0 Å². The van der Waals surface area contributed by atoms with Crippen LogP contribution in [0.1, 0.15) is 23.2 Å². The van der Waals surface area contributed by atoms with Gasteiger partial charge in [0.2, 0.25) is 10.0 Å². The molecule has 0 amide bonds. The van der Waals surface area contributed by atoms with Gasteiger partial charge in [-0.1, -0.05) is 0 Å². The Bertz CT molecular complexity index is 612. The van der Waals surface area contributed by atoms with Crippen LogP contribution < -0.4 is 10.0 Å². The number of halogens is 1. The van der Waals surface area contributed by atoms with Gasteiger partial charge in [-0.25, -0.2) is 22.3 Å². The largest absolute Gasteiger partial charge is 0.478 e. The number of hydrogen-bond donors (Lipinski definition) is 3. The van der Waals surface area contributed by atoms with Gasteiger partial charge < -0.3 is 10.4 Å². The maximum Gasteiger partial charge on any atom is 0.338 e. The summed E-state index contributed by atoms with van der Waals surface area (Å²) in [5, 5.41) is 11.9. The number of piperidine rings is 1. The predicted octanol–water partition coefficient (Wildman–Crippen LogP) is 0.554. The van der Waals surface area contributed by atoms with Gasteiger partial charge in [-0.05, 0) is 44.1 Å². The summed E-state index contributed by atoms with van der Waals surface area (Å²) in [6.07, 6.45) is 1.32. The minimum absolute atomic E-state index is 0.195. The lowest BCUT2D eigenvalue weighted by Gasteiger charge is -2.23. The Morgan fingerprint density at radius 2 is 2.00 bits per heavy atom. The average molecular weight is 302 g/mol. The highest BCUT2D eigenvalue weighted by molar-refractivity contribution is 7.89. The number of rotatable bonds is 4. The smallest absolute Gasteiger partial charge is 0.338 e. The van der Waals surface area contributed by atoms with E-state index in [1.54, 1.807) is 0 Å². The third-order valence-corrected chi connectivity index (χ3v) is 4.66. The van der Waals surface area contributed by atoms with Gasteiger partial charge in [-0.3, -0.25) is 0 Å². The van der Waals surface area contributed by atoms with E-state index in [4.69, 9.17) is 5.11 Å². The van der Waals surface area contributed by atoms with Crippen molar-refractivity contribution in [2.24, 2.45) is 0 Å². The zero-order valence-electron chi connectivity index (χ0n) is 10.6. The first-order valence-corrected chi connectivity index (χ1v) is 7.64. The molecule has 1 aliphatic rings. The summed E-state index contributed by atoms with van der Waals surface area (Å²) in [6, 6.07) is 2.55. The minimum Gasteiger partial charge on any atom is -0.478 e. The summed E-state index contributed by atoms with van der Waals surface area (Å²) in [5.41, 5.74) is -0.654. The lowest BCUT2D eigenvalue weighted by atomic mass is 10.1. The molecule has 0 radical (unpaired) electrons. The first kappa shape index (κ1) is 14.9. The highest BCUT2D eigenvalue weighted by atomic mass is 32.2. The summed E-state index contributed by atoms with van der Waals surface area (Å²) in [7, 11) is -3.84. The zero-order chi connectivity index (χ0) is 14.8. The Morgan fingerprint density at radius 3 is 2.60 bits per heavy atom. The van der Waals surface area contributed by atoms with E-state index in [1.165, 1.54) is 0 Å². The minimum atomic E-state index is -3.84. The molecule has 1 aromatic carbocycles. The molecule has 0 aliphatic carbocycles. The second-order valence-corrected chi connectivity index (χ2v) is 6.31. The summed E-state index contributed by atoms with van der Waals surface area (Å²) in [5.74, 6) is -2.46. The molecule has 3 N–H and O–H groups in total. The van der Waals surface area contributed by atoms with Gasteiger partial charge in [-0.15, -0.1) is 0 Å². The quantitative estimate of drug-likeness (QED) is 0.755. The molecule has 1 heterocycles. The fraction of sp³-hybridized carbons (Fsp3) is 0.417. The molecule has 0 aromatic heterocycles. The molecule has 0 bridgehead atoms. The van der Waals surface area contributed by atoms with Crippen LogP contribution in [-0.2, 0) is 10.0 Å². The van der Waals surface area contributed by atoms with Gasteiger partial charge in [0.15, 0.2) is 0 Å². The molecule has 1 fully saturated rings. The van der Waals surface area contributed by atoms with Crippen molar-refractivity contribution >= 4 is 16.0 Å². The molecule has 0 saturated carbocycles. The Morgan fingerprint density at radius 1 is 1.35 bits per heavy atom. The van der Waals surface area contributed by atoms with Crippen LogP contribution in [0.5, 0.6) is 0 Å². The molecule has 1 aliphatic heterocycles. The molecular formula is C12H15FN2O4S. The standard InChI is InChI=1S/C12H15FN2O4S/c13-11-2-1-9(7-10(11)12(16)17)20(18,19)15-8-3-5-14-6-4-8/h1-2,7-8,14-15H,3-6H2,(H,16,17). The van der Waals surface area contributed by atoms with Crippen molar-refractivity contribution in [3.8, 4) is 0 Å². The van der Waals surface area contributed by atoms with Gasteiger partial charge in [0.05, 0.1) is 10.5 Å². The monoisotopic (exact) mass is 302 g/mol. The molecule has 20 heavy (non-hydrogen) atoms. The number of carbonyl (C=O) groups is 1. The van der Waals surface area contributed by atoms with Crippen LogP contribution in [0, 0.1) is 5.82 Å². The van der Waals surface area contributed by atoms with Gasteiger partial charge in [-0.2, -0.15) is 0 Å². The van der Waals surface area contributed by atoms with Crippen molar-refractivity contribution in [1.82, 2.24) is 10.0 Å². The number of aromatic carboxylic acids is 1. The Hall–Kier alpha value is -1.51. The van der Waals surface area contributed by atoms with E-state index in [9.17, 15) is 17.6 Å². The molecule has 1 aromatic rings. The number of nitrogens with one attached hydrogen (secondary N) is 2. The highest BCUT2D eigenvalue weighted by Gasteiger charge is 2.23. The van der Waals surface area contributed by atoms with Crippen LogP contribution in [0.3, 0.4) is 0 Å². The molecule has 110 valence electrons. The topological polar surface area (TPSA) is 95.5 Å². The molecule has 0 unspecified atom stereocenters. The Balaban J connectivity index is 2.24. The maximum absolute atomic E-state index is 13.3. The average Bonchev–Trinajstić information content (AvgIpc) is 2.39. The zero-order valence-corrected chi connectivity index (χ0v) is 11.4. The number of benzene rings is 1. The van der Waals surface area contributed by atoms with E-state index in [2.05, 4.69) is 10.0 Å². The second kappa shape index (κ2) is 5.86. The van der Waals surface area contributed by atoms with Crippen molar-refractivity contribution in [3.05, 3.63) is 29.6 Å². The van der Waals surface area contributed by atoms with E-state index in [1.807, 2.05) is 0 Å². The third kappa shape index (κ3) is 3.33. The van der Waals surface area contributed by atoms with E-state index in [0.717, 1.165) is 31.3 Å². The predicted molar refractivity (Wildman–Crippen MR) is 69.6 cm³/mol. The van der Waals surface area contributed by atoms with Crippen LogP contribution in [0.15, 0.2) is 23.1 Å². The lowest BCUT2D eigenvalue weighted by Crippen LogP contribution is -2.42. The van der Waals surface area contributed by atoms with Gasteiger partial charge in [0.25, 0.3) is 0 Å².